The number of rotatable bonds is 5. The van der Waals surface area contributed by atoms with Crippen LogP contribution in [0.1, 0.15) is 34.0 Å². The molecule has 114 valence electrons. The molecule has 2 rings (SSSR count). The molecule has 0 amide bonds. The molecule has 0 atom stereocenters. The molecule has 0 aliphatic carbocycles. The Morgan fingerprint density at radius 3 is 2.67 bits per heavy atom. The number of aromatic nitrogens is 2. The largest absolute Gasteiger partial charge is 0.359 e. The van der Waals surface area contributed by atoms with Gasteiger partial charge in [-0.3, -0.25) is 4.99 Å². The molecule has 21 heavy (non-hydrogen) atoms. The van der Waals surface area contributed by atoms with Gasteiger partial charge in [0.2, 0.25) is 0 Å². The Hall–Kier alpha value is -1.89. The average Bonchev–Trinajstić information content (AvgIpc) is 3.06. The van der Waals surface area contributed by atoms with Crippen molar-refractivity contribution in [1.82, 2.24) is 20.8 Å². The minimum Gasteiger partial charge on any atom is -0.359 e. The fourth-order valence-corrected chi connectivity index (χ4v) is 2.64. The molecule has 0 saturated heterocycles. The molecule has 2 heterocycles. The van der Waals surface area contributed by atoms with Gasteiger partial charge in [0.15, 0.2) is 11.7 Å². The van der Waals surface area contributed by atoms with Crippen molar-refractivity contribution in [2.24, 2.45) is 4.99 Å². The van der Waals surface area contributed by atoms with Crippen LogP contribution in [0.5, 0.6) is 0 Å². The van der Waals surface area contributed by atoms with Crippen molar-refractivity contribution in [3.05, 3.63) is 33.1 Å². The fraction of sp³-hybridized carbons (Fsp3) is 0.500. The van der Waals surface area contributed by atoms with E-state index in [1.807, 2.05) is 19.9 Å². The van der Waals surface area contributed by atoms with Crippen molar-refractivity contribution in [3.8, 4) is 0 Å². The minimum atomic E-state index is 0.558. The Labute approximate surface area is 128 Å². The molecule has 0 unspecified atom stereocenters. The zero-order valence-corrected chi connectivity index (χ0v) is 13.7. The monoisotopic (exact) mass is 307 g/mol. The van der Waals surface area contributed by atoms with Gasteiger partial charge in [0, 0.05) is 18.0 Å². The van der Waals surface area contributed by atoms with Crippen LogP contribution >= 0.6 is 11.3 Å². The normalized spacial score (nSPS) is 11.7. The SMILES string of the molecule is CCc1cc(CNC(=NC)NCc2nc(C)c(C)s2)on1. The van der Waals surface area contributed by atoms with E-state index in [4.69, 9.17) is 4.52 Å². The van der Waals surface area contributed by atoms with E-state index in [2.05, 4.69) is 32.7 Å². The third-order valence-electron chi connectivity index (χ3n) is 3.10. The summed E-state index contributed by atoms with van der Waals surface area (Å²) in [5, 5.41) is 11.5. The van der Waals surface area contributed by atoms with Crippen molar-refractivity contribution < 1.29 is 4.52 Å². The highest BCUT2D eigenvalue weighted by atomic mass is 32.1. The van der Waals surface area contributed by atoms with Crippen molar-refractivity contribution in [2.75, 3.05) is 7.05 Å². The van der Waals surface area contributed by atoms with Crippen LogP contribution in [0.2, 0.25) is 0 Å². The average molecular weight is 307 g/mol. The smallest absolute Gasteiger partial charge is 0.191 e. The zero-order chi connectivity index (χ0) is 15.2. The summed E-state index contributed by atoms with van der Waals surface area (Å²) in [6.07, 6.45) is 0.874. The van der Waals surface area contributed by atoms with Crippen LogP contribution in [0.4, 0.5) is 0 Å². The summed E-state index contributed by atoms with van der Waals surface area (Å²) in [4.78, 5) is 9.93. The number of guanidine groups is 1. The van der Waals surface area contributed by atoms with Crippen LogP contribution in [0.15, 0.2) is 15.6 Å². The summed E-state index contributed by atoms with van der Waals surface area (Å²) in [5.74, 6) is 1.52. The lowest BCUT2D eigenvalue weighted by Gasteiger charge is -2.09. The number of hydrogen-bond donors (Lipinski definition) is 2. The van der Waals surface area contributed by atoms with Crippen LogP contribution in [0, 0.1) is 13.8 Å². The molecule has 2 aromatic heterocycles. The number of hydrogen-bond acceptors (Lipinski definition) is 5. The molecule has 0 aliphatic rings. The number of thiazole rings is 1. The zero-order valence-electron chi connectivity index (χ0n) is 12.9. The van der Waals surface area contributed by atoms with Gasteiger partial charge in [-0.25, -0.2) is 4.98 Å². The minimum absolute atomic E-state index is 0.558. The summed E-state index contributed by atoms with van der Waals surface area (Å²) in [7, 11) is 1.74. The van der Waals surface area contributed by atoms with Gasteiger partial charge in [0.05, 0.1) is 24.5 Å². The molecule has 0 aromatic carbocycles. The summed E-state index contributed by atoms with van der Waals surface area (Å²) < 4.78 is 5.23. The lowest BCUT2D eigenvalue weighted by atomic mass is 10.3. The first-order chi connectivity index (χ1) is 10.1. The highest BCUT2D eigenvalue weighted by molar-refractivity contribution is 7.11. The molecule has 6 nitrogen and oxygen atoms in total. The summed E-state index contributed by atoms with van der Waals surface area (Å²) in [6, 6.07) is 1.95. The maximum Gasteiger partial charge on any atom is 0.191 e. The fourth-order valence-electron chi connectivity index (χ4n) is 1.77. The second-order valence-electron chi connectivity index (χ2n) is 4.67. The van der Waals surface area contributed by atoms with E-state index in [1.54, 1.807) is 18.4 Å². The molecular formula is C14H21N5OS. The highest BCUT2D eigenvalue weighted by Crippen LogP contribution is 2.15. The number of nitrogens with zero attached hydrogens (tertiary/aromatic N) is 3. The third-order valence-corrected chi connectivity index (χ3v) is 4.18. The molecule has 2 N–H and O–H groups in total. The van der Waals surface area contributed by atoms with E-state index >= 15 is 0 Å². The van der Waals surface area contributed by atoms with Crippen molar-refractivity contribution in [3.63, 3.8) is 0 Å². The van der Waals surface area contributed by atoms with Gasteiger partial charge >= 0.3 is 0 Å². The highest BCUT2D eigenvalue weighted by Gasteiger charge is 2.06. The van der Waals surface area contributed by atoms with Gasteiger partial charge in [-0.1, -0.05) is 12.1 Å². The number of nitrogens with one attached hydrogen (secondary N) is 2. The van der Waals surface area contributed by atoms with Crippen molar-refractivity contribution >= 4 is 17.3 Å². The molecule has 0 saturated carbocycles. The van der Waals surface area contributed by atoms with Gasteiger partial charge < -0.3 is 15.2 Å². The number of aryl methyl sites for hydroxylation is 3. The maximum absolute atomic E-state index is 5.23. The Balaban J connectivity index is 1.83. The summed E-state index contributed by atoms with van der Waals surface area (Å²) in [5.41, 5.74) is 2.05. The van der Waals surface area contributed by atoms with E-state index in [1.165, 1.54) is 4.88 Å². The summed E-state index contributed by atoms with van der Waals surface area (Å²) >= 11 is 1.70. The second-order valence-corrected chi connectivity index (χ2v) is 5.95. The molecule has 0 fully saturated rings. The Bertz CT molecular complexity index is 597. The Kier molecular flexibility index (Phi) is 5.32. The Morgan fingerprint density at radius 2 is 2.10 bits per heavy atom. The lowest BCUT2D eigenvalue weighted by Crippen LogP contribution is -2.36. The van der Waals surface area contributed by atoms with E-state index in [0.717, 1.165) is 34.5 Å². The van der Waals surface area contributed by atoms with Gasteiger partial charge in [-0.2, -0.15) is 0 Å². The Morgan fingerprint density at radius 1 is 1.33 bits per heavy atom. The van der Waals surface area contributed by atoms with Gasteiger partial charge in [0.1, 0.15) is 5.01 Å². The second kappa shape index (κ2) is 7.21. The van der Waals surface area contributed by atoms with Crippen molar-refractivity contribution in [1.29, 1.82) is 0 Å². The maximum atomic E-state index is 5.23. The first kappa shape index (κ1) is 15.5. The quantitative estimate of drug-likeness (QED) is 0.654. The first-order valence-corrected chi connectivity index (χ1v) is 7.76. The van der Waals surface area contributed by atoms with E-state index in [-0.39, 0.29) is 0 Å². The standard InChI is InChI=1S/C14H21N5OS/c1-5-11-6-12(20-19-11)7-16-14(15-4)17-8-13-18-9(2)10(3)21-13/h6H,5,7-8H2,1-4H3,(H2,15,16,17). The predicted molar refractivity (Wildman–Crippen MR) is 84.5 cm³/mol. The number of aliphatic imine (C=N–C) groups is 1. The topological polar surface area (TPSA) is 75.3 Å². The van der Waals surface area contributed by atoms with Gasteiger partial charge in [-0.05, 0) is 20.3 Å². The molecule has 0 radical (unpaired) electrons. The van der Waals surface area contributed by atoms with Crippen LogP contribution < -0.4 is 10.6 Å². The molecule has 0 bridgehead atoms. The molecule has 0 spiro atoms. The molecule has 0 aliphatic heterocycles. The van der Waals surface area contributed by atoms with Gasteiger partial charge in [-0.15, -0.1) is 11.3 Å². The van der Waals surface area contributed by atoms with E-state index in [0.29, 0.717) is 13.1 Å². The lowest BCUT2D eigenvalue weighted by molar-refractivity contribution is 0.374. The molecule has 2 aromatic rings. The van der Waals surface area contributed by atoms with Crippen LogP contribution in [0.3, 0.4) is 0 Å². The van der Waals surface area contributed by atoms with E-state index in [9.17, 15) is 0 Å². The van der Waals surface area contributed by atoms with Gasteiger partial charge in [0.25, 0.3) is 0 Å². The predicted octanol–water partition coefficient (Wildman–Crippen LogP) is 2.18. The van der Waals surface area contributed by atoms with Crippen molar-refractivity contribution in [2.45, 2.75) is 40.3 Å². The van der Waals surface area contributed by atoms with Crippen LogP contribution in [0.25, 0.3) is 0 Å². The molecular weight excluding hydrogens is 286 g/mol. The van der Waals surface area contributed by atoms with E-state index < -0.39 is 0 Å². The van der Waals surface area contributed by atoms with Crippen LogP contribution in [-0.2, 0) is 19.5 Å². The first-order valence-electron chi connectivity index (χ1n) is 6.94. The summed E-state index contributed by atoms with van der Waals surface area (Å²) in [6.45, 7) is 7.38. The van der Waals surface area contributed by atoms with Crippen LogP contribution in [-0.4, -0.2) is 23.1 Å². The molecule has 7 heteroatoms. The third kappa shape index (κ3) is 4.29.